The third kappa shape index (κ3) is 3.57. The average molecular weight is 350 g/mol. The van der Waals surface area contributed by atoms with E-state index in [4.69, 9.17) is 11.6 Å². The molecule has 1 saturated carbocycles. The lowest BCUT2D eigenvalue weighted by Crippen LogP contribution is -2.39. The van der Waals surface area contributed by atoms with Crippen LogP contribution in [0.1, 0.15) is 24.0 Å². The molecule has 120 valence electrons. The van der Waals surface area contributed by atoms with E-state index < -0.39 is 21.3 Å². The molecule has 0 heterocycles. The van der Waals surface area contributed by atoms with Gasteiger partial charge >= 0.3 is 0 Å². The molecule has 0 atom stereocenters. The maximum absolute atomic E-state index is 12.5. The number of hydrogen-bond donors (Lipinski definition) is 1. The molecule has 6 heteroatoms. The molecule has 0 spiro atoms. The van der Waals surface area contributed by atoms with Crippen LogP contribution in [0.15, 0.2) is 54.6 Å². The van der Waals surface area contributed by atoms with Gasteiger partial charge in [-0.25, -0.2) is 8.42 Å². The van der Waals surface area contributed by atoms with Crippen LogP contribution < -0.4 is 4.72 Å². The van der Waals surface area contributed by atoms with E-state index in [1.807, 2.05) is 6.07 Å². The van der Waals surface area contributed by atoms with Gasteiger partial charge in [-0.05, 0) is 36.1 Å². The van der Waals surface area contributed by atoms with Crippen LogP contribution in [0.5, 0.6) is 0 Å². The Bertz CT molecular complexity index is 813. The molecule has 1 amide bonds. The normalized spacial score (nSPS) is 15.9. The zero-order valence-corrected chi connectivity index (χ0v) is 13.9. The molecule has 1 fully saturated rings. The van der Waals surface area contributed by atoms with E-state index in [0.717, 1.165) is 5.56 Å². The van der Waals surface area contributed by atoms with Gasteiger partial charge in [0.05, 0.1) is 11.2 Å². The fourth-order valence-corrected chi connectivity index (χ4v) is 3.92. The van der Waals surface area contributed by atoms with E-state index in [-0.39, 0.29) is 5.75 Å². The molecule has 2 aromatic carbocycles. The summed E-state index contributed by atoms with van der Waals surface area (Å²) in [7, 11) is -3.72. The van der Waals surface area contributed by atoms with Crippen LogP contribution in [0.2, 0.25) is 5.02 Å². The zero-order valence-electron chi connectivity index (χ0n) is 12.3. The molecule has 0 aliphatic heterocycles. The number of sulfonamides is 1. The third-order valence-electron chi connectivity index (χ3n) is 4.03. The highest BCUT2D eigenvalue weighted by Gasteiger charge is 2.52. The molecule has 2 aromatic rings. The lowest BCUT2D eigenvalue weighted by atomic mass is 9.95. The number of rotatable bonds is 5. The molecule has 4 nitrogen and oxygen atoms in total. The quantitative estimate of drug-likeness (QED) is 0.902. The predicted octanol–water partition coefficient (Wildman–Crippen LogP) is 3.02. The summed E-state index contributed by atoms with van der Waals surface area (Å²) in [6, 6.07) is 15.8. The highest BCUT2D eigenvalue weighted by atomic mass is 35.5. The van der Waals surface area contributed by atoms with E-state index >= 15 is 0 Å². The monoisotopic (exact) mass is 349 g/mol. The van der Waals surface area contributed by atoms with E-state index in [2.05, 4.69) is 4.72 Å². The van der Waals surface area contributed by atoms with Crippen LogP contribution in [-0.2, 0) is 26.0 Å². The van der Waals surface area contributed by atoms with Crippen molar-refractivity contribution < 1.29 is 13.2 Å². The van der Waals surface area contributed by atoms with Crippen LogP contribution in [0.4, 0.5) is 0 Å². The van der Waals surface area contributed by atoms with Gasteiger partial charge in [0, 0.05) is 5.02 Å². The van der Waals surface area contributed by atoms with Crippen molar-refractivity contribution in [2.75, 3.05) is 0 Å². The predicted molar refractivity (Wildman–Crippen MR) is 89.6 cm³/mol. The summed E-state index contributed by atoms with van der Waals surface area (Å²) in [6.45, 7) is 0. The SMILES string of the molecule is O=C(NS(=O)(=O)Cc1ccccc1)C1(c2ccc(Cl)cc2)CC1. The number of carbonyl (C=O) groups excluding carboxylic acids is 1. The summed E-state index contributed by atoms with van der Waals surface area (Å²) in [6.07, 6.45) is 1.28. The topological polar surface area (TPSA) is 63.2 Å². The number of nitrogens with one attached hydrogen (secondary N) is 1. The average Bonchev–Trinajstić information content (AvgIpc) is 3.30. The molecule has 0 bridgehead atoms. The van der Waals surface area contributed by atoms with Crippen molar-refractivity contribution in [2.45, 2.75) is 24.0 Å². The van der Waals surface area contributed by atoms with Crippen LogP contribution in [0, 0.1) is 0 Å². The second kappa shape index (κ2) is 5.98. The summed E-state index contributed by atoms with van der Waals surface area (Å²) in [5, 5.41) is 0.585. The van der Waals surface area contributed by atoms with Gasteiger partial charge in [0.1, 0.15) is 0 Å². The summed E-state index contributed by atoms with van der Waals surface area (Å²) in [5.41, 5.74) is 0.701. The second-order valence-electron chi connectivity index (χ2n) is 5.76. The van der Waals surface area contributed by atoms with Crippen molar-refractivity contribution in [3.8, 4) is 0 Å². The molecule has 0 unspecified atom stereocenters. The van der Waals surface area contributed by atoms with Gasteiger partial charge in [-0.2, -0.15) is 0 Å². The van der Waals surface area contributed by atoms with E-state index in [9.17, 15) is 13.2 Å². The maximum Gasteiger partial charge on any atom is 0.244 e. The van der Waals surface area contributed by atoms with Gasteiger partial charge in [0.2, 0.25) is 15.9 Å². The van der Waals surface area contributed by atoms with Crippen molar-refractivity contribution in [3.63, 3.8) is 0 Å². The van der Waals surface area contributed by atoms with Crippen molar-refractivity contribution >= 4 is 27.5 Å². The molecule has 1 aliphatic carbocycles. The zero-order chi connectivity index (χ0) is 16.5. The van der Waals surface area contributed by atoms with Crippen molar-refractivity contribution in [2.24, 2.45) is 0 Å². The minimum atomic E-state index is -3.72. The van der Waals surface area contributed by atoms with Gasteiger partial charge in [0.25, 0.3) is 0 Å². The molecular weight excluding hydrogens is 334 g/mol. The first-order chi connectivity index (χ1) is 10.9. The first kappa shape index (κ1) is 16.0. The molecule has 1 N–H and O–H groups in total. The molecule has 1 aliphatic rings. The Morgan fingerprint density at radius 2 is 1.65 bits per heavy atom. The highest BCUT2D eigenvalue weighted by Crippen LogP contribution is 2.48. The summed E-state index contributed by atoms with van der Waals surface area (Å²) < 4.78 is 26.7. The van der Waals surface area contributed by atoms with Crippen LogP contribution in [0.3, 0.4) is 0 Å². The Kier molecular flexibility index (Phi) is 4.17. The van der Waals surface area contributed by atoms with E-state index in [1.54, 1.807) is 48.5 Å². The standard InChI is InChI=1S/C17H16ClNO3S/c18-15-8-6-14(7-9-15)17(10-11-17)16(20)19-23(21,22)12-13-4-2-1-3-5-13/h1-9H,10-12H2,(H,19,20). The summed E-state index contributed by atoms with van der Waals surface area (Å²) >= 11 is 5.86. The molecule has 0 aromatic heterocycles. The van der Waals surface area contributed by atoms with Crippen LogP contribution in [-0.4, -0.2) is 14.3 Å². The van der Waals surface area contributed by atoms with Crippen molar-refractivity contribution in [3.05, 3.63) is 70.7 Å². The Balaban J connectivity index is 1.75. The number of benzene rings is 2. The van der Waals surface area contributed by atoms with Gasteiger partial charge in [0.15, 0.2) is 0 Å². The maximum atomic E-state index is 12.5. The number of amides is 1. The number of hydrogen-bond acceptors (Lipinski definition) is 3. The largest absolute Gasteiger partial charge is 0.273 e. The number of carbonyl (C=O) groups is 1. The summed E-state index contributed by atoms with van der Waals surface area (Å²) in [4.78, 5) is 12.5. The Morgan fingerprint density at radius 1 is 1.04 bits per heavy atom. The van der Waals surface area contributed by atoms with Gasteiger partial charge < -0.3 is 0 Å². The lowest BCUT2D eigenvalue weighted by molar-refractivity contribution is -0.121. The first-order valence-corrected chi connectivity index (χ1v) is 9.29. The highest BCUT2D eigenvalue weighted by molar-refractivity contribution is 7.89. The molecule has 0 saturated heterocycles. The van der Waals surface area contributed by atoms with E-state index in [0.29, 0.717) is 23.4 Å². The fourth-order valence-electron chi connectivity index (χ4n) is 2.61. The van der Waals surface area contributed by atoms with Crippen molar-refractivity contribution in [1.29, 1.82) is 0 Å². The third-order valence-corrected chi connectivity index (χ3v) is 5.49. The molecule has 0 radical (unpaired) electrons. The Labute approximate surface area is 140 Å². The smallest absolute Gasteiger partial charge is 0.244 e. The van der Waals surface area contributed by atoms with Gasteiger partial charge in [-0.1, -0.05) is 54.1 Å². The van der Waals surface area contributed by atoms with E-state index in [1.165, 1.54) is 0 Å². The van der Waals surface area contributed by atoms with Gasteiger partial charge in [-0.3, -0.25) is 9.52 Å². The molecule has 3 rings (SSSR count). The Morgan fingerprint density at radius 3 is 2.22 bits per heavy atom. The second-order valence-corrected chi connectivity index (χ2v) is 7.92. The lowest BCUT2D eigenvalue weighted by Gasteiger charge is -2.16. The minimum absolute atomic E-state index is 0.212. The van der Waals surface area contributed by atoms with Crippen LogP contribution >= 0.6 is 11.6 Å². The van der Waals surface area contributed by atoms with Gasteiger partial charge in [-0.15, -0.1) is 0 Å². The molecular formula is C17H16ClNO3S. The van der Waals surface area contributed by atoms with Crippen molar-refractivity contribution in [1.82, 2.24) is 4.72 Å². The summed E-state index contributed by atoms with van der Waals surface area (Å²) in [5.74, 6) is -0.674. The van der Waals surface area contributed by atoms with Crippen LogP contribution in [0.25, 0.3) is 0 Å². The number of halogens is 1. The Hall–Kier alpha value is -1.85. The molecule has 23 heavy (non-hydrogen) atoms. The minimum Gasteiger partial charge on any atom is -0.273 e. The first-order valence-electron chi connectivity index (χ1n) is 7.26. The fraction of sp³-hybridized carbons (Fsp3) is 0.235.